The van der Waals surface area contributed by atoms with Crippen molar-refractivity contribution in [2.75, 3.05) is 5.32 Å². The number of amides is 1. The van der Waals surface area contributed by atoms with E-state index in [1.165, 1.54) is 12.3 Å². The molecule has 5 nitrogen and oxygen atoms in total. The van der Waals surface area contributed by atoms with Gasteiger partial charge in [0.1, 0.15) is 12.4 Å². The van der Waals surface area contributed by atoms with Gasteiger partial charge >= 0.3 is 0 Å². The molecule has 35 heavy (non-hydrogen) atoms. The third kappa shape index (κ3) is 5.51. The highest BCUT2D eigenvalue weighted by molar-refractivity contribution is 9.10. The van der Waals surface area contributed by atoms with Crippen LogP contribution >= 0.6 is 15.9 Å². The molecule has 0 saturated carbocycles. The minimum Gasteiger partial charge on any atom is -0.489 e. The zero-order valence-electron chi connectivity index (χ0n) is 17.7. The maximum atomic E-state index is 13.9. The fourth-order valence-corrected chi connectivity index (χ4v) is 3.56. The highest BCUT2D eigenvalue weighted by Crippen LogP contribution is 2.24. The summed E-state index contributed by atoms with van der Waals surface area (Å²) in [5, 5.41) is 6.45. The van der Waals surface area contributed by atoms with Crippen molar-refractivity contribution in [3.63, 3.8) is 0 Å². The molecule has 0 fully saturated rings. The number of aromatic nitrogens is 2. The molecule has 1 N–H and O–H groups in total. The van der Waals surface area contributed by atoms with Crippen molar-refractivity contribution in [2.24, 2.45) is 0 Å². The lowest BCUT2D eigenvalue weighted by molar-refractivity contribution is 0.102. The molecule has 4 rings (SSSR count). The third-order valence-corrected chi connectivity index (χ3v) is 5.39. The summed E-state index contributed by atoms with van der Waals surface area (Å²) in [6, 6.07) is 15.3. The Labute approximate surface area is 204 Å². The Kier molecular flexibility index (Phi) is 7.15. The first-order chi connectivity index (χ1) is 16.7. The Morgan fingerprint density at radius 2 is 1.60 bits per heavy atom. The zero-order chi connectivity index (χ0) is 25.1. The molecule has 0 unspecified atom stereocenters. The van der Waals surface area contributed by atoms with Crippen molar-refractivity contribution in [1.29, 1.82) is 0 Å². The van der Waals surface area contributed by atoms with Crippen LogP contribution in [0.5, 0.6) is 5.75 Å². The number of anilines is 1. The zero-order valence-corrected chi connectivity index (χ0v) is 19.3. The van der Waals surface area contributed by atoms with Crippen LogP contribution in [-0.2, 0) is 13.2 Å². The van der Waals surface area contributed by atoms with E-state index in [0.29, 0.717) is 11.3 Å². The van der Waals surface area contributed by atoms with E-state index in [2.05, 4.69) is 26.3 Å². The molecule has 11 heteroatoms. The molecule has 0 saturated heterocycles. The molecule has 0 atom stereocenters. The average molecular weight is 552 g/mol. The van der Waals surface area contributed by atoms with Crippen molar-refractivity contribution >= 4 is 27.7 Å². The average Bonchev–Trinajstić information content (AvgIpc) is 3.30. The predicted molar refractivity (Wildman–Crippen MR) is 120 cm³/mol. The molecular formula is C24H15BrF5N3O2. The van der Waals surface area contributed by atoms with Gasteiger partial charge in [-0.2, -0.15) is 5.10 Å². The lowest BCUT2D eigenvalue weighted by Crippen LogP contribution is -2.14. The van der Waals surface area contributed by atoms with Gasteiger partial charge in [-0.1, -0.05) is 34.1 Å². The highest BCUT2D eigenvalue weighted by Gasteiger charge is 2.26. The number of rotatable bonds is 7. The Balaban J connectivity index is 1.43. The highest BCUT2D eigenvalue weighted by atomic mass is 79.9. The molecule has 0 radical (unpaired) electrons. The van der Waals surface area contributed by atoms with Crippen LogP contribution < -0.4 is 10.1 Å². The minimum atomic E-state index is -2.23. The normalized spacial score (nSPS) is 10.9. The summed E-state index contributed by atoms with van der Waals surface area (Å²) >= 11 is 3.36. The summed E-state index contributed by atoms with van der Waals surface area (Å²) < 4.78 is 75.4. The molecule has 0 aliphatic carbocycles. The van der Waals surface area contributed by atoms with Crippen LogP contribution in [0.25, 0.3) is 0 Å². The SMILES string of the molecule is O=C(Nc1ccn(Cc2c(F)c(F)c(F)c(F)c2F)n1)c1cccc(COc2cccc(Br)c2)c1. The standard InChI is InChI=1S/C24H15BrF5N3O2/c25-15-5-2-6-16(10-15)35-12-13-3-1-4-14(9-13)24(34)31-18-7-8-33(32-18)11-17-19(26)21(28)23(30)22(29)20(17)27/h1-10H,11-12H2,(H,31,32,34). The molecule has 0 bridgehead atoms. The van der Waals surface area contributed by atoms with Crippen LogP contribution in [0.1, 0.15) is 21.5 Å². The smallest absolute Gasteiger partial charge is 0.256 e. The number of hydrogen-bond acceptors (Lipinski definition) is 3. The second-order valence-electron chi connectivity index (χ2n) is 7.35. The van der Waals surface area contributed by atoms with E-state index in [9.17, 15) is 26.7 Å². The molecule has 0 aliphatic rings. The lowest BCUT2D eigenvalue weighted by atomic mass is 10.1. The van der Waals surface area contributed by atoms with Gasteiger partial charge < -0.3 is 10.1 Å². The first kappa shape index (κ1) is 24.4. The van der Waals surface area contributed by atoms with Gasteiger partial charge in [0.2, 0.25) is 5.82 Å². The summed E-state index contributed by atoms with van der Waals surface area (Å²) in [5.74, 6) is -10.0. The molecule has 0 spiro atoms. The quantitative estimate of drug-likeness (QED) is 0.168. The second-order valence-corrected chi connectivity index (χ2v) is 8.26. The molecule has 0 aliphatic heterocycles. The van der Waals surface area contributed by atoms with Crippen LogP contribution in [0.4, 0.5) is 27.8 Å². The summed E-state index contributed by atoms with van der Waals surface area (Å²) in [4.78, 5) is 12.6. The number of benzene rings is 3. The number of nitrogens with one attached hydrogen (secondary N) is 1. The Morgan fingerprint density at radius 3 is 2.31 bits per heavy atom. The van der Waals surface area contributed by atoms with Crippen molar-refractivity contribution in [2.45, 2.75) is 13.2 Å². The van der Waals surface area contributed by atoms with Crippen molar-refractivity contribution in [1.82, 2.24) is 9.78 Å². The summed E-state index contributed by atoms with van der Waals surface area (Å²) in [7, 11) is 0. The van der Waals surface area contributed by atoms with Gasteiger partial charge in [0.25, 0.3) is 5.91 Å². The Bertz CT molecular complexity index is 1380. The van der Waals surface area contributed by atoms with Gasteiger partial charge in [-0.15, -0.1) is 0 Å². The van der Waals surface area contributed by atoms with Gasteiger partial charge in [-0.05, 0) is 35.9 Å². The number of halogens is 6. The van der Waals surface area contributed by atoms with Crippen LogP contribution in [0.2, 0.25) is 0 Å². The summed E-state index contributed by atoms with van der Waals surface area (Å²) in [6.45, 7) is -0.516. The molecule has 1 amide bonds. The first-order valence-corrected chi connectivity index (χ1v) is 10.8. The molecular weight excluding hydrogens is 537 g/mol. The lowest BCUT2D eigenvalue weighted by Gasteiger charge is -2.09. The number of ether oxygens (including phenoxy) is 1. The largest absolute Gasteiger partial charge is 0.489 e. The predicted octanol–water partition coefficient (Wildman–Crippen LogP) is 6.22. The van der Waals surface area contributed by atoms with E-state index < -0.39 is 47.1 Å². The van der Waals surface area contributed by atoms with E-state index in [4.69, 9.17) is 4.74 Å². The fourth-order valence-electron chi connectivity index (χ4n) is 3.18. The Hall–Kier alpha value is -3.73. The van der Waals surface area contributed by atoms with Gasteiger partial charge in [0.15, 0.2) is 29.1 Å². The Morgan fingerprint density at radius 1 is 0.914 bits per heavy atom. The number of carbonyl (C=O) groups excluding carboxylic acids is 1. The van der Waals surface area contributed by atoms with Crippen LogP contribution in [-0.4, -0.2) is 15.7 Å². The van der Waals surface area contributed by atoms with E-state index >= 15 is 0 Å². The van der Waals surface area contributed by atoms with Gasteiger partial charge in [-0.3, -0.25) is 9.48 Å². The third-order valence-electron chi connectivity index (χ3n) is 4.89. The topological polar surface area (TPSA) is 56.2 Å². The van der Waals surface area contributed by atoms with Crippen molar-refractivity contribution < 1.29 is 31.5 Å². The summed E-state index contributed by atoms with van der Waals surface area (Å²) in [5.41, 5.74) is -0.00958. The number of nitrogens with zero attached hydrogens (tertiary/aromatic N) is 2. The first-order valence-electron chi connectivity index (χ1n) is 10.1. The van der Waals surface area contributed by atoms with E-state index in [1.54, 1.807) is 36.4 Å². The minimum absolute atomic E-state index is 0.0228. The van der Waals surface area contributed by atoms with Gasteiger partial charge in [-0.25, -0.2) is 22.0 Å². The molecule has 1 aromatic heterocycles. The van der Waals surface area contributed by atoms with Crippen LogP contribution in [0, 0.1) is 29.1 Å². The van der Waals surface area contributed by atoms with Crippen molar-refractivity contribution in [3.05, 3.63) is 111 Å². The fraction of sp³-hybridized carbons (Fsp3) is 0.0833. The molecule has 3 aromatic carbocycles. The molecule has 180 valence electrons. The monoisotopic (exact) mass is 551 g/mol. The maximum Gasteiger partial charge on any atom is 0.256 e. The number of hydrogen-bond donors (Lipinski definition) is 1. The molecule has 4 aromatic rings. The maximum absolute atomic E-state index is 13.9. The van der Waals surface area contributed by atoms with E-state index in [1.807, 2.05) is 12.1 Å². The summed E-state index contributed by atoms with van der Waals surface area (Å²) in [6.07, 6.45) is 1.23. The van der Waals surface area contributed by atoms with Crippen LogP contribution in [0.15, 0.2) is 65.3 Å². The number of carbonyl (C=O) groups is 1. The molecule has 1 heterocycles. The van der Waals surface area contributed by atoms with Gasteiger partial charge in [0.05, 0.1) is 12.1 Å². The van der Waals surface area contributed by atoms with E-state index in [-0.39, 0.29) is 12.4 Å². The van der Waals surface area contributed by atoms with E-state index in [0.717, 1.165) is 14.7 Å². The van der Waals surface area contributed by atoms with Crippen molar-refractivity contribution in [3.8, 4) is 5.75 Å². The second kappa shape index (κ2) is 10.3. The van der Waals surface area contributed by atoms with Crippen LogP contribution in [0.3, 0.4) is 0 Å². The van der Waals surface area contributed by atoms with Gasteiger partial charge in [0, 0.05) is 22.3 Å².